The molecule has 0 saturated carbocycles. The predicted octanol–water partition coefficient (Wildman–Crippen LogP) is 1.19. The van der Waals surface area contributed by atoms with Crippen LogP contribution in [0.1, 0.15) is 10.4 Å². The van der Waals surface area contributed by atoms with E-state index in [1.54, 1.807) is 30.3 Å². The van der Waals surface area contributed by atoms with E-state index in [2.05, 4.69) is 24.7 Å². The lowest BCUT2D eigenvalue weighted by Gasteiger charge is -2.06. The molecule has 0 atom stereocenters. The maximum Gasteiger partial charge on any atom is 0.323 e. The van der Waals surface area contributed by atoms with E-state index in [1.165, 1.54) is 6.07 Å². The Morgan fingerprint density at radius 1 is 0.917 bits per heavy atom. The van der Waals surface area contributed by atoms with Crippen LogP contribution >= 0.6 is 0 Å². The summed E-state index contributed by atoms with van der Waals surface area (Å²) >= 11 is 0. The van der Waals surface area contributed by atoms with Gasteiger partial charge in [-0.25, -0.2) is 4.79 Å². The number of amides is 1. The van der Waals surface area contributed by atoms with Gasteiger partial charge in [0.05, 0.1) is 22.4 Å². The van der Waals surface area contributed by atoms with E-state index >= 15 is 0 Å². The second-order valence-corrected chi connectivity index (χ2v) is 6.68. The zero-order chi connectivity index (χ0) is 16.9. The fourth-order valence-electron chi connectivity index (χ4n) is 2.49. The first kappa shape index (κ1) is 14.3. The van der Waals surface area contributed by atoms with Crippen LogP contribution in [0, 0.1) is 0 Å². The van der Waals surface area contributed by atoms with Crippen LogP contribution in [0.4, 0.5) is 17.1 Å². The average molecular weight is 345 g/mol. The number of hydrogen-bond donors (Lipinski definition) is 5. The van der Waals surface area contributed by atoms with Crippen LogP contribution in [-0.2, 0) is 10.2 Å². The first-order valence-corrected chi connectivity index (χ1v) is 8.36. The molecule has 0 aliphatic carbocycles. The van der Waals surface area contributed by atoms with Gasteiger partial charge in [-0.05, 0) is 36.4 Å². The minimum atomic E-state index is -3.57. The molecule has 0 unspecified atom stereocenters. The van der Waals surface area contributed by atoms with Gasteiger partial charge < -0.3 is 15.3 Å². The summed E-state index contributed by atoms with van der Waals surface area (Å²) in [4.78, 5) is 28.8. The molecule has 24 heavy (non-hydrogen) atoms. The van der Waals surface area contributed by atoms with E-state index in [0.717, 1.165) is 0 Å². The van der Waals surface area contributed by atoms with Crippen molar-refractivity contribution in [3.05, 3.63) is 52.4 Å². The van der Waals surface area contributed by atoms with Crippen molar-refractivity contribution in [1.82, 2.24) is 9.97 Å². The van der Waals surface area contributed by atoms with Gasteiger partial charge in [0, 0.05) is 11.3 Å². The summed E-state index contributed by atoms with van der Waals surface area (Å²) in [6, 6.07) is 9.42. The summed E-state index contributed by atoms with van der Waals surface area (Å²) in [6.07, 6.45) is 0. The first-order chi connectivity index (χ1) is 11.4. The number of H-pyrrole nitrogens is 2. The number of imidazole rings is 1. The maximum atomic E-state index is 12.3. The smallest absolute Gasteiger partial charge is 0.322 e. The molecule has 0 radical (unpaired) electrons. The summed E-state index contributed by atoms with van der Waals surface area (Å²) in [6.45, 7) is 0. The van der Waals surface area contributed by atoms with E-state index in [4.69, 9.17) is 0 Å². The average Bonchev–Trinajstić information content (AvgIpc) is 3.02. The standard InChI is InChI=1S/C14H11N5O4S/c20-13(7-1-3-9-11(5-7)17-14(21)16-9)15-8-2-4-10-12(6-8)19-24(22,23)18-10/h1-6,18-19H,(H,15,20)(H2,16,17,21). The van der Waals surface area contributed by atoms with Crippen molar-refractivity contribution < 1.29 is 13.2 Å². The molecular formula is C14H11N5O4S. The lowest BCUT2D eigenvalue weighted by molar-refractivity contribution is 0.102. The van der Waals surface area contributed by atoms with Gasteiger partial charge in [-0.2, -0.15) is 8.42 Å². The fourth-order valence-corrected chi connectivity index (χ4v) is 3.46. The van der Waals surface area contributed by atoms with Crippen LogP contribution in [0.3, 0.4) is 0 Å². The zero-order valence-electron chi connectivity index (χ0n) is 12.0. The highest BCUT2D eigenvalue weighted by atomic mass is 32.2. The third kappa shape index (κ3) is 2.48. The lowest BCUT2D eigenvalue weighted by atomic mass is 10.1. The fraction of sp³-hybridized carbons (Fsp3) is 0. The van der Waals surface area contributed by atoms with Gasteiger partial charge in [-0.1, -0.05) is 0 Å². The summed E-state index contributed by atoms with van der Waals surface area (Å²) in [5.41, 5.74) is 2.36. The first-order valence-electron chi connectivity index (χ1n) is 6.88. The Balaban J connectivity index is 1.61. The highest BCUT2D eigenvalue weighted by molar-refractivity contribution is 7.94. The highest BCUT2D eigenvalue weighted by Crippen LogP contribution is 2.32. The predicted molar refractivity (Wildman–Crippen MR) is 89.5 cm³/mol. The van der Waals surface area contributed by atoms with Crippen molar-refractivity contribution in [3.8, 4) is 0 Å². The van der Waals surface area contributed by atoms with Gasteiger partial charge in [0.2, 0.25) is 0 Å². The molecule has 2 aromatic carbocycles. The molecule has 5 N–H and O–H groups in total. The van der Waals surface area contributed by atoms with Crippen LogP contribution < -0.4 is 20.5 Å². The third-order valence-electron chi connectivity index (χ3n) is 3.54. The minimum absolute atomic E-state index is 0.346. The van der Waals surface area contributed by atoms with Crippen LogP contribution in [-0.4, -0.2) is 24.3 Å². The number of carbonyl (C=O) groups excluding carboxylic acids is 1. The molecule has 4 rings (SSSR count). The molecule has 1 aromatic heterocycles. The molecule has 9 nitrogen and oxygen atoms in total. The number of anilines is 3. The number of aromatic nitrogens is 2. The largest absolute Gasteiger partial charge is 0.323 e. The van der Waals surface area contributed by atoms with Crippen molar-refractivity contribution in [1.29, 1.82) is 0 Å². The Labute approximate surface area is 135 Å². The monoisotopic (exact) mass is 345 g/mol. The molecule has 1 amide bonds. The number of benzene rings is 2. The van der Waals surface area contributed by atoms with E-state index in [0.29, 0.717) is 33.7 Å². The Bertz CT molecular complexity index is 1150. The van der Waals surface area contributed by atoms with Gasteiger partial charge in [0.25, 0.3) is 5.91 Å². The maximum absolute atomic E-state index is 12.3. The molecule has 0 saturated heterocycles. The summed E-state index contributed by atoms with van der Waals surface area (Å²) < 4.78 is 27.5. The highest BCUT2D eigenvalue weighted by Gasteiger charge is 2.22. The molecule has 0 fully saturated rings. The number of fused-ring (bicyclic) bond motifs is 2. The molecule has 0 bridgehead atoms. The van der Waals surface area contributed by atoms with Crippen molar-refractivity contribution in [2.75, 3.05) is 14.8 Å². The second kappa shape index (κ2) is 4.86. The SMILES string of the molecule is O=C(Nc1ccc2c(c1)NS(=O)(=O)N2)c1ccc2[nH]c(=O)[nH]c2c1. The van der Waals surface area contributed by atoms with Gasteiger partial charge in [0.1, 0.15) is 0 Å². The van der Waals surface area contributed by atoms with Gasteiger partial charge in [-0.3, -0.25) is 14.2 Å². The van der Waals surface area contributed by atoms with Crippen molar-refractivity contribution >= 4 is 44.2 Å². The number of carbonyl (C=O) groups is 1. The molecule has 0 spiro atoms. The number of hydrogen-bond acceptors (Lipinski definition) is 4. The molecule has 1 aliphatic rings. The molecule has 122 valence electrons. The Morgan fingerprint density at radius 2 is 1.67 bits per heavy atom. The summed E-state index contributed by atoms with van der Waals surface area (Å²) in [5.74, 6) is -0.382. The van der Waals surface area contributed by atoms with Crippen molar-refractivity contribution in [2.24, 2.45) is 0 Å². The van der Waals surface area contributed by atoms with Crippen molar-refractivity contribution in [2.45, 2.75) is 0 Å². The van der Waals surface area contributed by atoms with E-state index < -0.39 is 10.2 Å². The van der Waals surface area contributed by atoms with Crippen LogP contribution in [0.2, 0.25) is 0 Å². The molecular weight excluding hydrogens is 334 g/mol. The zero-order valence-corrected chi connectivity index (χ0v) is 12.8. The Morgan fingerprint density at radius 3 is 2.50 bits per heavy atom. The lowest BCUT2D eigenvalue weighted by Crippen LogP contribution is -2.13. The van der Waals surface area contributed by atoms with Crippen LogP contribution in [0.5, 0.6) is 0 Å². The summed E-state index contributed by atoms with van der Waals surface area (Å²) in [7, 11) is -3.57. The van der Waals surface area contributed by atoms with E-state index in [-0.39, 0.29) is 11.6 Å². The Hall–Kier alpha value is -3.27. The number of aromatic amines is 2. The summed E-state index contributed by atoms with van der Waals surface area (Å²) in [5, 5.41) is 2.68. The molecule has 10 heteroatoms. The second-order valence-electron chi connectivity index (χ2n) is 5.26. The van der Waals surface area contributed by atoms with E-state index in [9.17, 15) is 18.0 Å². The molecule has 1 aliphatic heterocycles. The van der Waals surface area contributed by atoms with Gasteiger partial charge in [-0.15, -0.1) is 0 Å². The quantitative estimate of drug-likeness (QED) is 0.476. The van der Waals surface area contributed by atoms with Gasteiger partial charge in [0.15, 0.2) is 0 Å². The topological polar surface area (TPSA) is 136 Å². The minimum Gasteiger partial charge on any atom is -0.322 e. The molecule has 3 aromatic rings. The van der Waals surface area contributed by atoms with Gasteiger partial charge >= 0.3 is 15.9 Å². The number of rotatable bonds is 2. The number of nitrogens with one attached hydrogen (secondary N) is 5. The third-order valence-corrected chi connectivity index (χ3v) is 4.52. The van der Waals surface area contributed by atoms with Crippen LogP contribution in [0.15, 0.2) is 41.2 Å². The molecule has 2 heterocycles. The Kier molecular flexibility index (Phi) is 2.90. The van der Waals surface area contributed by atoms with E-state index in [1.807, 2.05) is 0 Å². The van der Waals surface area contributed by atoms with Crippen molar-refractivity contribution in [3.63, 3.8) is 0 Å². The normalized spacial score (nSPS) is 14.7. The van der Waals surface area contributed by atoms with Crippen LogP contribution in [0.25, 0.3) is 11.0 Å².